The molecule has 0 aliphatic rings. The number of ether oxygens (including phenoxy) is 2. The molecule has 3 aromatic rings. The normalized spacial score (nSPS) is 10.5. The number of carbonyl (C=O) groups is 1. The van der Waals surface area contributed by atoms with E-state index in [9.17, 15) is 14.9 Å². The van der Waals surface area contributed by atoms with Gasteiger partial charge in [0.15, 0.2) is 11.5 Å². The molecule has 0 unspecified atom stereocenters. The molecule has 156 valence electrons. The number of hydrogen-bond acceptors (Lipinski definition) is 6. The molecule has 0 aliphatic carbocycles. The number of benzene rings is 2. The third-order valence-corrected chi connectivity index (χ3v) is 4.49. The molecule has 0 fully saturated rings. The third-order valence-electron chi connectivity index (χ3n) is 4.49. The Bertz CT molecular complexity index is 1060. The van der Waals surface area contributed by atoms with Crippen LogP contribution in [-0.4, -0.2) is 34.8 Å². The largest absolute Gasteiger partial charge is 0.493 e. The zero-order valence-corrected chi connectivity index (χ0v) is 16.9. The van der Waals surface area contributed by atoms with E-state index in [0.29, 0.717) is 35.1 Å². The number of nitro groups is 1. The van der Waals surface area contributed by atoms with Gasteiger partial charge in [0.2, 0.25) is 5.91 Å². The minimum absolute atomic E-state index is 0.0110. The number of rotatable bonds is 8. The first-order valence-electron chi connectivity index (χ1n) is 9.23. The molecule has 0 radical (unpaired) electrons. The Morgan fingerprint density at radius 2 is 1.80 bits per heavy atom. The molecule has 0 bridgehead atoms. The van der Waals surface area contributed by atoms with Crippen molar-refractivity contribution in [2.24, 2.45) is 0 Å². The molecule has 1 heterocycles. The summed E-state index contributed by atoms with van der Waals surface area (Å²) in [5.41, 5.74) is 2.26. The predicted molar refractivity (Wildman–Crippen MR) is 111 cm³/mol. The number of amides is 1. The first kappa shape index (κ1) is 20.8. The first-order valence-corrected chi connectivity index (χ1v) is 9.23. The van der Waals surface area contributed by atoms with E-state index >= 15 is 0 Å². The first-order chi connectivity index (χ1) is 14.4. The summed E-state index contributed by atoms with van der Waals surface area (Å²) in [5.74, 6) is 1.57. The van der Waals surface area contributed by atoms with Gasteiger partial charge in [0.05, 0.1) is 30.5 Å². The van der Waals surface area contributed by atoms with E-state index in [4.69, 9.17) is 9.47 Å². The highest BCUT2D eigenvalue weighted by Crippen LogP contribution is 2.28. The Morgan fingerprint density at radius 1 is 1.10 bits per heavy atom. The maximum absolute atomic E-state index is 12.5. The Balaban J connectivity index is 1.69. The maximum Gasteiger partial charge on any atom is 0.269 e. The summed E-state index contributed by atoms with van der Waals surface area (Å²) in [6.45, 7) is 1.81. The summed E-state index contributed by atoms with van der Waals surface area (Å²) in [6, 6.07) is 13.3. The van der Waals surface area contributed by atoms with Gasteiger partial charge in [-0.3, -0.25) is 14.9 Å². The van der Waals surface area contributed by atoms with Gasteiger partial charge in [-0.05, 0) is 43.2 Å². The standard InChI is InChI=1S/C21H22N4O5/c1-14-12-20(24(23-14)16-6-8-17(9-7-16)25(27)28)22-21(26)11-5-15-4-10-18(29-2)19(13-15)30-3/h4,6-10,12-13H,5,11H2,1-3H3,(H,22,26). The Labute approximate surface area is 173 Å². The minimum Gasteiger partial charge on any atom is -0.493 e. The molecule has 3 rings (SSSR count). The zero-order chi connectivity index (χ0) is 21.7. The Kier molecular flexibility index (Phi) is 6.31. The van der Waals surface area contributed by atoms with E-state index in [-0.39, 0.29) is 18.0 Å². The summed E-state index contributed by atoms with van der Waals surface area (Å²) in [4.78, 5) is 22.9. The zero-order valence-electron chi connectivity index (χ0n) is 16.9. The fourth-order valence-electron chi connectivity index (χ4n) is 3.00. The highest BCUT2D eigenvalue weighted by molar-refractivity contribution is 5.90. The van der Waals surface area contributed by atoms with Gasteiger partial charge in [-0.1, -0.05) is 6.07 Å². The number of carbonyl (C=O) groups excluding carboxylic acids is 1. The van der Waals surface area contributed by atoms with Gasteiger partial charge in [-0.15, -0.1) is 0 Å². The number of nitrogens with one attached hydrogen (secondary N) is 1. The number of non-ortho nitro benzene ring substituents is 1. The molecule has 30 heavy (non-hydrogen) atoms. The van der Waals surface area contributed by atoms with Crippen LogP contribution < -0.4 is 14.8 Å². The number of anilines is 1. The lowest BCUT2D eigenvalue weighted by molar-refractivity contribution is -0.384. The van der Waals surface area contributed by atoms with Gasteiger partial charge in [-0.25, -0.2) is 4.68 Å². The van der Waals surface area contributed by atoms with Crippen molar-refractivity contribution in [3.8, 4) is 17.2 Å². The molecule has 0 aliphatic heterocycles. The molecule has 1 N–H and O–H groups in total. The molecular weight excluding hydrogens is 388 g/mol. The van der Waals surface area contributed by atoms with Crippen molar-refractivity contribution < 1.29 is 19.2 Å². The Morgan fingerprint density at radius 3 is 2.43 bits per heavy atom. The number of nitrogens with zero attached hydrogens (tertiary/aromatic N) is 3. The molecule has 9 heteroatoms. The van der Waals surface area contributed by atoms with E-state index in [1.54, 1.807) is 50.1 Å². The van der Waals surface area contributed by atoms with Crippen molar-refractivity contribution in [1.82, 2.24) is 9.78 Å². The number of nitro benzene ring substituents is 1. The van der Waals surface area contributed by atoms with Gasteiger partial charge in [0.1, 0.15) is 5.82 Å². The second-order valence-corrected chi connectivity index (χ2v) is 6.59. The maximum atomic E-state index is 12.5. The van der Waals surface area contributed by atoms with Crippen LogP contribution in [0, 0.1) is 17.0 Å². The number of methoxy groups -OCH3 is 2. The van der Waals surface area contributed by atoms with Gasteiger partial charge in [-0.2, -0.15) is 5.10 Å². The molecule has 0 saturated carbocycles. The van der Waals surface area contributed by atoms with E-state index in [2.05, 4.69) is 10.4 Å². The molecule has 9 nitrogen and oxygen atoms in total. The SMILES string of the molecule is COc1ccc(CCC(=O)Nc2cc(C)nn2-c2ccc([N+](=O)[O-])cc2)cc1OC. The summed E-state index contributed by atoms with van der Waals surface area (Å²) < 4.78 is 12.1. The van der Waals surface area contributed by atoms with Crippen LogP contribution in [0.25, 0.3) is 5.69 Å². The van der Waals surface area contributed by atoms with Crippen molar-refractivity contribution in [3.63, 3.8) is 0 Å². The van der Waals surface area contributed by atoms with Crippen LogP contribution in [0.3, 0.4) is 0 Å². The van der Waals surface area contributed by atoms with Crippen molar-refractivity contribution in [1.29, 1.82) is 0 Å². The molecule has 0 spiro atoms. The highest BCUT2D eigenvalue weighted by Gasteiger charge is 2.13. The quantitative estimate of drug-likeness (QED) is 0.448. The fourth-order valence-corrected chi connectivity index (χ4v) is 3.00. The lowest BCUT2D eigenvalue weighted by Crippen LogP contribution is -2.15. The number of hydrogen-bond donors (Lipinski definition) is 1. The lowest BCUT2D eigenvalue weighted by atomic mass is 10.1. The van der Waals surface area contributed by atoms with Gasteiger partial charge < -0.3 is 14.8 Å². The second kappa shape index (κ2) is 9.08. The van der Waals surface area contributed by atoms with Crippen LogP contribution in [0.1, 0.15) is 17.7 Å². The van der Waals surface area contributed by atoms with Crippen LogP contribution in [0.4, 0.5) is 11.5 Å². The topological polar surface area (TPSA) is 109 Å². The van der Waals surface area contributed by atoms with Crippen LogP contribution >= 0.6 is 0 Å². The number of aryl methyl sites for hydroxylation is 2. The summed E-state index contributed by atoms with van der Waals surface area (Å²) in [6.07, 6.45) is 0.789. The molecule has 1 amide bonds. The van der Waals surface area contributed by atoms with E-state index < -0.39 is 4.92 Å². The van der Waals surface area contributed by atoms with Crippen LogP contribution in [0.2, 0.25) is 0 Å². The van der Waals surface area contributed by atoms with Crippen LogP contribution in [0.5, 0.6) is 11.5 Å². The van der Waals surface area contributed by atoms with Crippen molar-refractivity contribution in [3.05, 3.63) is 69.9 Å². The smallest absolute Gasteiger partial charge is 0.269 e. The van der Waals surface area contributed by atoms with E-state index in [0.717, 1.165) is 5.56 Å². The van der Waals surface area contributed by atoms with Crippen LogP contribution in [0.15, 0.2) is 48.5 Å². The summed E-state index contributed by atoms with van der Waals surface area (Å²) >= 11 is 0. The lowest BCUT2D eigenvalue weighted by Gasteiger charge is -2.10. The van der Waals surface area contributed by atoms with E-state index in [1.165, 1.54) is 12.1 Å². The number of aromatic nitrogens is 2. The predicted octanol–water partition coefficient (Wildman–Crippen LogP) is 3.68. The monoisotopic (exact) mass is 410 g/mol. The van der Waals surface area contributed by atoms with Crippen molar-refractivity contribution in [2.45, 2.75) is 19.8 Å². The molecule has 2 aromatic carbocycles. The van der Waals surface area contributed by atoms with Crippen molar-refractivity contribution in [2.75, 3.05) is 19.5 Å². The van der Waals surface area contributed by atoms with Gasteiger partial charge >= 0.3 is 0 Å². The molecular formula is C21H22N4O5. The second-order valence-electron chi connectivity index (χ2n) is 6.59. The van der Waals surface area contributed by atoms with E-state index in [1.807, 2.05) is 12.1 Å². The Hall–Kier alpha value is -3.88. The summed E-state index contributed by atoms with van der Waals surface area (Å²) in [5, 5.41) is 18.1. The highest BCUT2D eigenvalue weighted by atomic mass is 16.6. The average Bonchev–Trinajstić information content (AvgIpc) is 3.11. The summed E-state index contributed by atoms with van der Waals surface area (Å²) in [7, 11) is 3.14. The van der Waals surface area contributed by atoms with Gasteiger partial charge in [0.25, 0.3) is 5.69 Å². The van der Waals surface area contributed by atoms with Crippen molar-refractivity contribution >= 4 is 17.4 Å². The van der Waals surface area contributed by atoms with Crippen LogP contribution in [-0.2, 0) is 11.2 Å². The van der Waals surface area contributed by atoms with Gasteiger partial charge in [0, 0.05) is 24.6 Å². The molecule has 1 aromatic heterocycles. The molecule has 0 atom stereocenters. The molecule has 0 saturated heterocycles. The average molecular weight is 410 g/mol. The third kappa shape index (κ3) is 4.75. The minimum atomic E-state index is -0.463. The fraction of sp³-hybridized carbons (Fsp3) is 0.238.